The molecule has 0 aromatic rings. The fraction of sp³-hybridized carbons (Fsp3) is 0.923. The van der Waals surface area contributed by atoms with Gasteiger partial charge in [-0.05, 0) is 12.8 Å². The van der Waals surface area contributed by atoms with E-state index in [0.717, 1.165) is 25.7 Å². The molecule has 1 saturated carbocycles. The number of ketones is 1. The van der Waals surface area contributed by atoms with Crippen LogP contribution < -0.4 is 0 Å². The van der Waals surface area contributed by atoms with Gasteiger partial charge < -0.3 is 0 Å². The van der Waals surface area contributed by atoms with E-state index in [1.54, 1.807) is 0 Å². The predicted octanol–water partition coefficient (Wildman–Crippen LogP) is 1.93. The van der Waals surface area contributed by atoms with Crippen LogP contribution in [0.25, 0.3) is 0 Å². The Kier molecular flexibility index (Phi) is 4.84. The molecule has 1 aliphatic heterocycles. The lowest BCUT2D eigenvalue weighted by Gasteiger charge is -2.34. The fourth-order valence-electron chi connectivity index (χ4n) is 2.96. The highest BCUT2D eigenvalue weighted by molar-refractivity contribution is 5.83. The highest BCUT2D eigenvalue weighted by Crippen LogP contribution is 2.26. The lowest BCUT2D eigenvalue weighted by molar-refractivity contribution is -0.150. The fourth-order valence-corrected chi connectivity index (χ4v) is 2.96. The molecule has 1 saturated heterocycles. The van der Waals surface area contributed by atoms with Gasteiger partial charge >= 0.3 is 6.18 Å². The Bertz CT molecular complexity index is 306. The zero-order chi connectivity index (χ0) is 13.9. The van der Waals surface area contributed by atoms with E-state index < -0.39 is 12.7 Å². The third-order valence-electron chi connectivity index (χ3n) is 4.06. The Labute approximate surface area is 111 Å². The van der Waals surface area contributed by atoms with Gasteiger partial charge in [0.05, 0.1) is 13.1 Å². The highest BCUT2D eigenvalue weighted by atomic mass is 19.4. The molecule has 3 nitrogen and oxygen atoms in total. The number of nitrogens with zero attached hydrogens (tertiary/aromatic N) is 2. The summed E-state index contributed by atoms with van der Waals surface area (Å²) < 4.78 is 36.7. The van der Waals surface area contributed by atoms with Gasteiger partial charge in [0.15, 0.2) is 0 Å². The van der Waals surface area contributed by atoms with Crippen LogP contribution in [0.3, 0.4) is 0 Å². The van der Waals surface area contributed by atoms with E-state index >= 15 is 0 Å². The molecule has 0 bridgehead atoms. The Balaban J connectivity index is 1.69. The number of rotatable bonds is 4. The van der Waals surface area contributed by atoms with E-state index in [1.807, 2.05) is 4.90 Å². The van der Waals surface area contributed by atoms with Gasteiger partial charge in [-0.2, -0.15) is 13.2 Å². The van der Waals surface area contributed by atoms with E-state index in [4.69, 9.17) is 0 Å². The van der Waals surface area contributed by atoms with E-state index in [9.17, 15) is 18.0 Å². The second kappa shape index (κ2) is 6.22. The van der Waals surface area contributed by atoms with Crippen molar-refractivity contribution < 1.29 is 18.0 Å². The number of halogens is 3. The van der Waals surface area contributed by atoms with Crippen molar-refractivity contribution in [3.8, 4) is 0 Å². The number of Topliss-reactive ketones (excluding diaryl/α,β-unsaturated/α-hetero) is 1. The second-order valence-electron chi connectivity index (χ2n) is 5.62. The molecule has 1 aliphatic carbocycles. The van der Waals surface area contributed by atoms with Gasteiger partial charge in [-0.25, -0.2) is 0 Å². The molecular weight excluding hydrogens is 257 g/mol. The summed E-state index contributed by atoms with van der Waals surface area (Å²) in [6.07, 6.45) is 0.132. The summed E-state index contributed by atoms with van der Waals surface area (Å²) >= 11 is 0. The molecule has 0 spiro atoms. The van der Waals surface area contributed by atoms with Crippen LogP contribution in [0.4, 0.5) is 13.2 Å². The standard InChI is InChI=1S/C13H21F3N2O/c14-13(15,16)10-18-7-5-17(6-8-18)9-12(19)11-3-1-2-4-11/h11H,1-10H2. The molecule has 2 fully saturated rings. The smallest absolute Gasteiger partial charge is 0.298 e. The first-order valence-corrected chi connectivity index (χ1v) is 6.98. The lowest BCUT2D eigenvalue weighted by atomic mass is 10.0. The van der Waals surface area contributed by atoms with Crippen molar-refractivity contribution in [2.45, 2.75) is 31.9 Å². The molecule has 0 N–H and O–H groups in total. The van der Waals surface area contributed by atoms with Crippen molar-refractivity contribution in [3.05, 3.63) is 0 Å². The van der Waals surface area contributed by atoms with Crippen LogP contribution >= 0.6 is 0 Å². The molecule has 1 heterocycles. The molecule has 2 rings (SSSR count). The summed E-state index contributed by atoms with van der Waals surface area (Å²) in [4.78, 5) is 15.4. The molecule has 0 atom stereocenters. The average molecular weight is 278 g/mol. The van der Waals surface area contributed by atoms with Crippen LogP contribution in [0, 0.1) is 5.92 Å². The first kappa shape index (κ1) is 14.8. The third kappa shape index (κ3) is 4.76. The van der Waals surface area contributed by atoms with Gasteiger partial charge in [0.25, 0.3) is 0 Å². The zero-order valence-corrected chi connectivity index (χ0v) is 11.1. The molecule has 0 unspecified atom stereocenters. The van der Waals surface area contributed by atoms with Crippen LogP contribution in [0.1, 0.15) is 25.7 Å². The Morgan fingerprint density at radius 1 is 1.00 bits per heavy atom. The van der Waals surface area contributed by atoms with E-state index in [2.05, 4.69) is 0 Å². The number of carbonyl (C=O) groups is 1. The molecule has 110 valence electrons. The maximum absolute atomic E-state index is 12.2. The van der Waals surface area contributed by atoms with Crippen LogP contribution in [0.5, 0.6) is 0 Å². The Morgan fingerprint density at radius 3 is 2.05 bits per heavy atom. The van der Waals surface area contributed by atoms with Gasteiger partial charge in [0.2, 0.25) is 0 Å². The molecule has 19 heavy (non-hydrogen) atoms. The number of hydrogen-bond acceptors (Lipinski definition) is 3. The summed E-state index contributed by atoms with van der Waals surface area (Å²) in [5.41, 5.74) is 0. The molecule has 0 amide bonds. The van der Waals surface area contributed by atoms with Gasteiger partial charge in [0.1, 0.15) is 5.78 Å². The summed E-state index contributed by atoms with van der Waals surface area (Å²) in [5.74, 6) is 0.481. The van der Waals surface area contributed by atoms with Crippen LogP contribution in [-0.2, 0) is 4.79 Å². The van der Waals surface area contributed by atoms with Gasteiger partial charge in [-0.1, -0.05) is 12.8 Å². The largest absolute Gasteiger partial charge is 0.401 e. The van der Waals surface area contributed by atoms with Gasteiger partial charge in [-0.15, -0.1) is 0 Å². The minimum atomic E-state index is -4.12. The van der Waals surface area contributed by atoms with E-state index in [1.165, 1.54) is 4.90 Å². The van der Waals surface area contributed by atoms with E-state index in [0.29, 0.717) is 32.7 Å². The summed E-state index contributed by atoms with van der Waals surface area (Å²) in [6, 6.07) is 0. The second-order valence-corrected chi connectivity index (χ2v) is 5.62. The quantitative estimate of drug-likeness (QED) is 0.785. The van der Waals surface area contributed by atoms with Gasteiger partial charge in [0, 0.05) is 32.1 Å². The third-order valence-corrected chi connectivity index (χ3v) is 4.06. The summed E-state index contributed by atoms with van der Waals surface area (Å²) in [7, 11) is 0. The molecule has 0 aromatic carbocycles. The van der Waals surface area contributed by atoms with E-state index in [-0.39, 0.29) is 11.7 Å². The summed E-state index contributed by atoms with van der Waals surface area (Å²) in [6.45, 7) is 1.51. The minimum Gasteiger partial charge on any atom is -0.298 e. The van der Waals surface area contributed by atoms with Crippen molar-refractivity contribution in [1.29, 1.82) is 0 Å². The topological polar surface area (TPSA) is 23.6 Å². The number of carbonyl (C=O) groups excluding carboxylic acids is 1. The molecule has 6 heteroatoms. The normalized spacial score (nSPS) is 23.9. The molecular formula is C13H21F3N2O. The van der Waals surface area contributed by atoms with Crippen molar-refractivity contribution in [1.82, 2.24) is 9.80 Å². The zero-order valence-electron chi connectivity index (χ0n) is 11.1. The Hall–Kier alpha value is -0.620. The van der Waals surface area contributed by atoms with Crippen LogP contribution in [0.2, 0.25) is 0 Å². The number of hydrogen-bond donors (Lipinski definition) is 0. The lowest BCUT2D eigenvalue weighted by Crippen LogP contribution is -2.50. The monoisotopic (exact) mass is 278 g/mol. The van der Waals surface area contributed by atoms with Crippen molar-refractivity contribution in [3.63, 3.8) is 0 Å². The van der Waals surface area contributed by atoms with Crippen LogP contribution in [0.15, 0.2) is 0 Å². The summed E-state index contributed by atoms with van der Waals surface area (Å²) in [5, 5.41) is 0. The molecule has 0 radical (unpaired) electrons. The molecule has 2 aliphatic rings. The van der Waals surface area contributed by atoms with Gasteiger partial charge in [-0.3, -0.25) is 14.6 Å². The Morgan fingerprint density at radius 2 is 1.53 bits per heavy atom. The molecule has 0 aromatic heterocycles. The average Bonchev–Trinajstić information content (AvgIpc) is 2.83. The van der Waals surface area contributed by atoms with Crippen molar-refractivity contribution >= 4 is 5.78 Å². The highest BCUT2D eigenvalue weighted by Gasteiger charge is 2.32. The van der Waals surface area contributed by atoms with Crippen LogP contribution in [-0.4, -0.2) is 61.0 Å². The number of piperazine rings is 1. The minimum absolute atomic E-state index is 0.202. The van der Waals surface area contributed by atoms with Crippen molar-refractivity contribution in [2.24, 2.45) is 5.92 Å². The number of alkyl halides is 3. The van der Waals surface area contributed by atoms with Crippen molar-refractivity contribution in [2.75, 3.05) is 39.3 Å². The first-order chi connectivity index (χ1) is 8.94. The predicted molar refractivity (Wildman–Crippen MR) is 65.9 cm³/mol. The maximum Gasteiger partial charge on any atom is 0.401 e. The maximum atomic E-state index is 12.2. The SMILES string of the molecule is O=C(CN1CCN(CC(F)(F)F)CC1)C1CCCC1. The first-order valence-electron chi connectivity index (χ1n) is 6.98.